The van der Waals surface area contributed by atoms with Crippen molar-refractivity contribution < 1.29 is 4.79 Å². The summed E-state index contributed by atoms with van der Waals surface area (Å²) in [5.41, 5.74) is 3.66. The molecule has 0 saturated carbocycles. The van der Waals surface area contributed by atoms with Crippen LogP contribution in [0.25, 0.3) is 5.69 Å². The zero-order valence-electron chi connectivity index (χ0n) is 16.2. The van der Waals surface area contributed by atoms with Gasteiger partial charge < -0.3 is 0 Å². The highest BCUT2D eigenvalue weighted by molar-refractivity contribution is 7.15. The van der Waals surface area contributed by atoms with Crippen LogP contribution < -0.4 is 5.32 Å². The number of nitrogens with zero attached hydrogens (tertiary/aromatic N) is 4. The van der Waals surface area contributed by atoms with Gasteiger partial charge in [0.05, 0.1) is 17.1 Å². The Morgan fingerprint density at radius 2 is 1.67 bits per heavy atom. The zero-order valence-corrected chi connectivity index (χ0v) is 18.5. The van der Waals surface area contributed by atoms with E-state index in [-0.39, 0.29) is 11.6 Å². The summed E-state index contributed by atoms with van der Waals surface area (Å²) in [6.45, 7) is 3.72. The van der Waals surface area contributed by atoms with Crippen molar-refractivity contribution in [1.29, 1.82) is 0 Å². The van der Waals surface area contributed by atoms with Crippen LogP contribution in [0.15, 0.2) is 48.5 Å². The molecular formula is C21H17Cl2N5OS. The monoisotopic (exact) mass is 457 g/mol. The second-order valence-electron chi connectivity index (χ2n) is 6.70. The average Bonchev–Trinajstić information content (AvgIpc) is 3.26. The Balaban J connectivity index is 1.50. The van der Waals surface area contributed by atoms with Gasteiger partial charge in [-0.25, -0.2) is 9.67 Å². The van der Waals surface area contributed by atoms with E-state index in [9.17, 15) is 4.79 Å². The molecule has 0 saturated heterocycles. The number of aromatic nitrogens is 4. The van der Waals surface area contributed by atoms with E-state index in [4.69, 9.17) is 23.2 Å². The van der Waals surface area contributed by atoms with Gasteiger partial charge in [0, 0.05) is 21.3 Å². The molecule has 0 bridgehead atoms. The van der Waals surface area contributed by atoms with Crippen molar-refractivity contribution in [2.24, 2.45) is 0 Å². The summed E-state index contributed by atoms with van der Waals surface area (Å²) in [5.74, 6) is -0.348. The molecule has 30 heavy (non-hydrogen) atoms. The van der Waals surface area contributed by atoms with E-state index in [1.165, 1.54) is 11.3 Å². The number of thiazole rings is 1. The van der Waals surface area contributed by atoms with E-state index in [1.54, 1.807) is 23.7 Å². The lowest BCUT2D eigenvalue weighted by molar-refractivity contribution is 0.102. The van der Waals surface area contributed by atoms with Crippen molar-refractivity contribution in [2.45, 2.75) is 20.3 Å². The highest BCUT2D eigenvalue weighted by Crippen LogP contribution is 2.26. The predicted octanol–water partition coefficient (Wildman–Crippen LogP) is 5.49. The summed E-state index contributed by atoms with van der Waals surface area (Å²) in [4.78, 5) is 18.3. The molecule has 1 amide bonds. The normalized spacial score (nSPS) is 10.9. The molecule has 0 aliphatic rings. The fourth-order valence-corrected chi connectivity index (χ4v) is 4.20. The number of carbonyl (C=O) groups is 1. The smallest absolute Gasteiger partial charge is 0.279 e. The molecule has 0 fully saturated rings. The van der Waals surface area contributed by atoms with Crippen molar-refractivity contribution >= 4 is 45.6 Å². The molecule has 0 aliphatic carbocycles. The summed E-state index contributed by atoms with van der Waals surface area (Å²) in [6.07, 6.45) is 0.725. The SMILES string of the molecule is Cc1nc(NC(=O)c2nnn(-c3ccc(Cl)cc3)c2C)sc1Cc1ccc(Cl)cc1. The molecule has 9 heteroatoms. The lowest BCUT2D eigenvalue weighted by Crippen LogP contribution is -2.14. The second kappa shape index (κ2) is 8.55. The first-order valence-electron chi connectivity index (χ1n) is 9.11. The highest BCUT2D eigenvalue weighted by Gasteiger charge is 2.19. The van der Waals surface area contributed by atoms with Gasteiger partial charge in [0.1, 0.15) is 0 Å². The van der Waals surface area contributed by atoms with Crippen molar-refractivity contribution in [1.82, 2.24) is 20.0 Å². The topological polar surface area (TPSA) is 72.7 Å². The molecule has 6 nitrogen and oxygen atoms in total. The summed E-state index contributed by atoms with van der Waals surface area (Å²) >= 11 is 13.3. The Labute approximate surface area is 187 Å². The standard InChI is InChI=1S/C21H17Cl2N5OS/c1-12-18(11-14-3-5-15(22)6-4-14)30-21(24-12)25-20(29)19-13(2)28(27-26-19)17-9-7-16(23)8-10-17/h3-10H,11H2,1-2H3,(H,24,25,29). The van der Waals surface area contributed by atoms with Gasteiger partial charge in [-0.1, -0.05) is 40.5 Å². The maximum atomic E-state index is 12.8. The van der Waals surface area contributed by atoms with Crippen LogP contribution in [-0.2, 0) is 6.42 Å². The van der Waals surface area contributed by atoms with Gasteiger partial charge in [-0.15, -0.1) is 16.4 Å². The molecule has 0 atom stereocenters. The number of benzene rings is 2. The number of rotatable bonds is 5. The fourth-order valence-electron chi connectivity index (χ4n) is 2.96. The molecule has 2 aromatic heterocycles. The molecule has 2 aromatic carbocycles. The first kappa shape index (κ1) is 20.5. The second-order valence-corrected chi connectivity index (χ2v) is 8.65. The summed E-state index contributed by atoms with van der Waals surface area (Å²) < 4.78 is 1.60. The molecule has 0 spiro atoms. The Morgan fingerprint density at radius 3 is 2.33 bits per heavy atom. The van der Waals surface area contributed by atoms with Crippen LogP contribution in [0, 0.1) is 13.8 Å². The third kappa shape index (κ3) is 4.38. The summed E-state index contributed by atoms with van der Waals surface area (Å²) in [6, 6.07) is 14.9. The van der Waals surface area contributed by atoms with Crippen LogP contribution in [0.5, 0.6) is 0 Å². The number of aryl methyl sites for hydroxylation is 1. The minimum Gasteiger partial charge on any atom is -0.296 e. The zero-order chi connectivity index (χ0) is 21.3. The first-order valence-corrected chi connectivity index (χ1v) is 10.7. The molecule has 4 aromatic rings. The van der Waals surface area contributed by atoms with Gasteiger partial charge in [-0.3, -0.25) is 10.1 Å². The molecule has 1 N–H and O–H groups in total. The Bertz CT molecular complexity index is 1200. The van der Waals surface area contributed by atoms with E-state index in [1.807, 2.05) is 43.3 Å². The van der Waals surface area contributed by atoms with E-state index >= 15 is 0 Å². The van der Waals surface area contributed by atoms with E-state index in [2.05, 4.69) is 20.6 Å². The van der Waals surface area contributed by atoms with Crippen LogP contribution >= 0.6 is 34.5 Å². The molecule has 152 valence electrons. The number of hydrogen-bond acceptors (Lipinski definition) is 5. The lowest BCUT2D eigenvalue weighted by Gasteiger charge is -2.04. The number of anilines is 1. The molecule has 0 radical (unpaired) electrons. The van der Waals surface area contributed by atoms with Gasteiger partial charge in [-0.05, 0) is 55.8 Å². The van der Waals surface area contributed by atoms with Crippen LogP contribution in [0.2, 0.25) is 10.0 Å². The van der Waals surface area contributed by atoms with Gasteiger partial charge in [0.25, 0.3) is 5.91 Å². The Kier molecular flexibility index (Phi) is 5.85. The molecular weight excluding hydrogens is 441 g/mol. The van der Waals surface area contributed by atoms with E-state index in [0.29, 0.717) is 20.9 Å². The lowest BCUT2D eigenvalue weighted by atomic mass is 10.1. The van der Waals surface area contributed by atoms with Gasteiger partial charge in [0.15, 0.2) is 10.8 Å². The third-order valence-corrected chi connectivity index (χ3v) is 6.15. The van der Waals surface area contributed by atoms with Gasteiger partial charge >= 0.3 is 0 Å². The van der Waals surface area contributed by atoms with Crippen molar-refractivity contribution in [3.05, 3.63) is 86.1 Å². The Morgan fingerprint density at radius 1 is 1.03 bits per heavy atom. The van der Waals surface area contributed by atoms with E-state index in [0.717, 1.165) is 28.2 Å². The summed E-state index contributed by atoms with van der Waals surface area (Å²) in [7, 11) is 0. The Hall–Kier alpha value is -2.74. The third-order valence-electron chi connectivity index (χ3n) is 4.57. The molecule has 0 aliphatic heterocycles. The van der Waals surface area contributed by atoms with Crippen molar-refractivity contribution in [3.63, 3.8) is 0 Å². The minimum atomic E-state index is -0.348. The van der Waals surface area contributed by atoms with Crippen LogP contribution in [-0.4, -0.2) is 25.9 Å². The van der Waals surface area contributed by atoms with Gasteiger partial charge in [-0.2, -0.15) is 0 Å². The molecule has 4 rings (SSSR count). The van der Waals surface area contributed by atoms with Crippen molar-refractivity contribution in [2.75, 3.05) is 5.32 Å². The summed E-state index contributed by atoms with van der Waals surface area (Å²) in [5, 5.41) is 12.8. The fraction of sp³-hybridized carbons (Fsp3) is 0.143. The van der Waals surface area contributed by atoms with Crippen LogP contribution in [0.3, 0.4) is 0 Å². The maximum Gasteiger partial charge on any atom is 0.279 e. The molecule has 0 unspecified atom stereocenters. The van der Waals surface area contributed by atoms with Crippen molar-refractivity contribution in [3.8, 4) is 5.69 Å². The van der Waals surface area contributed by atoms with Crippen LogP contribution in [0.1, 0.15) is 32.3 Å². The number of amides is 1. The van der Waals surface area contributed by atoms with Gasteiger partial charge in [0.2, 0.25) is 0 Å². The molecule has 2 heterocycles. The van der Waals surface area contributed by atoms with Crippen LogP contribution in [0.4, 0.5) is 5.13 Å². The van der Waals surface area contributed by atoms with E-state index < -0.39 is 0 Å². The number of carbonyl (C=O) groups excluding carboxylic acids is 1. The maximum absolute atomic E-state index is 12.8. The number of nitrogens with one attached hydrogen (secondary N) is 1. The largest absolute Gasteiger partial charge is 0.296 e. The minimum absolute atomic E-state index is 0.247. The quantitative estimate of drug-likeness (QED) is 0.429. The first-order chi connectivity index (χ1) is 14.4. The average molecular weight is 458 g/mol. The predicted molar refractivity (Wildman–Crippen MR) is 120 cm³/mol. The number of hydrogen-bond donors (Lipinski definition) is 1. The highest BCUT2D eigenvalue weighted by atomic mass is 35.5. The number of halogens is 2.